The smallest absolute Gasteiger partial charge is 0.222 e. The summed E-state index contributed by atoms with van der Waals surface area (Å²) in [5, 5.41) is 0. The Balaban J connectivity index is 2.40. The first kappa shape index (κ1) is 16.4. The Bertz CT molecular complexity index is 286. The van der Waals surface area contributed by atoms with Crippen molar-refractivity contribution in [3.05, 3.63) is 0 Å². The fourth-order valence-corrected chi connectivity index (χ4v) is 2.81. The molecule has 112 valence electrons. The van der Waals surface area contributed by atoms with Gasteiger partial charge in [0.2, 0.25) is 5.91 Å². The van der Waals surface area contributed by atoms with Gasteiger partial charge >= 0.3 is 0 Å². The molecule has 1 aliphatic rings. The highest BCUT2D eigenvalue weighted by atomic mass is 16.5. The van der Waals surface area contributed by atoms with Crippen LogP contribution in [0.25, 0.3) is 0 Å². The molecule has 1 aliphatic heterocycles. The average molecular weight is 270 g/mol. The lowest BCUT2D eigenvalue weighted by Crippen LogP contribution is -2.31. The second kappa shape index (κ2) is 7.25. The molecule has 1 fully saturated rings. The summed E-state index contributed by atoms with van der Waals surface area (Å²) in [5.74, 6) is 0.785. The van der Waals surface area contributed by atoms with Gasteiger partial charge < -0.3 is 15.4 Å². The molecule has 2 atom stereocenters. The van der Waals surface area contributed by atoms with Crippen LogP contribution >= 0.6 is 0 Å². The fraction of sp³-hybridized carbons (Fsp3) is 0.933. The molecule has 0 spiro atoms. The van der Waals surface area contributed by atoms with Gasteiger partial charge in [-0.05, 0) is 37.1 Å². The molecule has 0 saturated carbocycles. The van der Waals surface area contributed by atoms with Crippen LogP contribution < -0.4 is 5.73 Å². The number of hydrogen-bond acceptors (Lipinski definition) is 3. The standard InChI is InChI=1S/C15H30N2O2/c1-15(2,3)12(7-9-16)5-6-14(18)17-10-8-13(11-17)19-4/h12-13H,5-11,16H2,1-4H3. The number of nitrogens with zero attached hydrogens (tertiary/aromatic N) is 1. The van der Waals surface area contributed by atoms with Gasteiger partial charge in [0.05, 0.1) is 6.10 Å². The van der Waals surface area contributed by atoms with Gasteiger partial charge in [-0.1, -0.05) is 20.8 Å². The predicted molar refractivity (Wildman–Crippen MR) is 77.8 cm³/mol. The van der Waals surface area contributed by atoms with Crippen molar-refractivity contribution >= 4 is 5.91 Å². The molecule has 1 saturated heterocycles. The van der Waals surface area contributed by atoms with Gasteiger partial charge in [0.1, 0.15) is 0 Å². The molecule has 1 heterocycles. The summed E-state index contributed by atoms with van der Waals surface area (Å²) >= 11 is 0. The van der Waals surface area contributed by atoms with Crippen molar-refractivity contribution < 1.29 is 9.53 Å². The molecule has 4 heteroatoms. The SMILES string of the molecule is COC1CCN(C(=O)CCC(CCN)C(C)(C)C)C1. The molecule has 0 aliphatic carbocycles. The Morgan fingerprint density at radius 2 is 2.11 bits per heavy atom. The van der Waals surface area contributed by atoms with Crippen LogP contribution in [0.2, 0.25) is 0 Å². The third kappa shape index (κ3) is 5.11. The zero-order valence-corrected chi connectivity index (χ0v) is 12.9. The van der Waals surface area contributed by atoms with Gasteiger partial charge in [-0.2, -0.15) is 0 Å². The number of ether oxygens (including phenoxy) is 1. The van der Waals surface area contributed by atoms with Crippen LogP contribution in [-0.2, 0) is 9.53 Å². The topological polar surface area (TPSA) is 55.6 Å². The maximum atomic E-state index is 12.2. The molecule has 19 heavy (non-hydrogen) atoms. The molecule has 1 rings (SSSR count). The Kier molecular flexibility index (Phi) is 6.27. The van der Waals surface area contributed by atoms with Gasteiger partial charge in [-0.25, -0.2) is 0 Å². The van der Waals surface area contributed by atoms with E-state index in [-0.39, 0.29) is 17.4 Å². The lowest BCUT2D eigenvalue weighted by atomic mass is 9.76. The van der Waals surface area contributed by atoms with Gasteiger partial charge in [-0.3, -0.25) is 4.79 Å². The van der Waals surface area contributed by atoms with Gasteiger partial charge in [0, 0.05) is 26.6 Å². The van der Waals surface area contributed by atoms with E-state index in [0.29, 0.717) is 18.9 Å². The van der Waals surface area contributed by atoms with Crippen LogP contribution in [0.3, 0.4) is 0 Å². The first-order valence-corrected chi connectivity index (χ1v) is 7.39. The average Bonchev–Trinajstić information content (AvgIpc) is 2.81. The molecule has 2 unspecified atom stereocenters. The molecule has 4 nitrogen and oxygen atoms in total. The quantitative estimate of drug-likeness (QED) is 0.803. The minimum Gasteiger partial charge on any atom is -0.380 e. The first-order chi connectivity index (χ1) is 8.88. The Hall–Kier alpha value is -0.610. The van der Waals surface area contributed by atoms with Crippen LogP contribution in [0.15, 0.2) is 0 Å². The van der Waals surface area contributed by atoms with Crippen LogP contribution in [0, 0.1) is 11.3 Å². The third-order valence-corrected chi connectivity index (χ3v) is 4.28. The fourth-order valence-electron chi connectivity index (χ4n) is 2.81. The summed E-state index contributed by atoms with van der Waals surface area (Å²) in [6.45, 7) is 8.99. The van der Waals surface area contributed by atoms with Crippen molar-refractivity contribution in [2.24, 2.45) is 17.1 Å². The van der Waals surface area contributed by atoms with Crippen LogP contribution in [0.5, 0.6) is 0 Å². The number of likely N-dealkylation sites (tertiary alicyclic amines) is 1. The third-order valence-electron chi connectivity index (χ3n) is 4.28. The zero-order valence-electron chi connectivity index (χ0n) is 12.9. The summed E-state index contributed by atoms with van der Waals surface area (Å²) < 4.78 is 5.30. The zero-order chi connectivity index (χ0) is 14.5. The number of methoxy groups -OCH3 is 1. The largest absolute Gasteiger partial charge is 0.380 e. The van der Waals surface area contributed by atoms with Gasteiger partial charge in [0.15, 0.2) is 0 Å². The Morgan fingerprint density at radius 3 is 2.58 bits per heavy atom. The minimum absolute atomic E-state index is 0.222. The van der Waals surface area contributed by atoms with E-state index in [9.17, 15) is 4.79 Å². The number of nitrogens with two attached hydrogens (primary N) is 1. The molecule has 0 aromatic heterocycles. The Morgan fingerprint density at radius 1 is 1.42 bits per heavy atom. The van der Waals surface area contributed by atoms with Crippen molar-refractivity contribution in [2.75, 3.05) is 26.7 Å². The van der Waals surface area contributed by atoms with E-state index >= 15 is 0 Å². The molecule has 0 aromatic rings. The second-order valence-electron chi connectivity index (χ2n) is 6.67. The van der Waals surface area contributed by atoms with Crippen molar-refractivity contribution in [1.29, 1.82) is 0 Å². The van der Waals surface area contributed by atoms with Crippen LogP contribution in [-0.4, -0.2) is 43.7 Å². The van der Waals surface area contributed by atoms with Crippen molar-refractivity contribution in [1.82, 2.24) is 4.90 Å². The maximum Gasteiger partial charge on any atom is 0.222 e. The summed E-state index contributed by atoms with van der Waals surface area (Å²) in [6, 6.07) is 0. The predicted octanol–water partition coefficient (Wildman–Crippen LogP) is 2.02. The van der Waals surface area contributed by atoms with Crippen molar-refractivity contribution in [3.63, 3.8) is 0 Å². The summed E-state index contributed by atoms with van der Waals surface area (Å²) in [6.07, 6.45) is 3.77. The van der Waals surface area contributed by atoms with E-state index < -0.39 is 0 Å². The summed E-state index contributed by atoms with van der Waals surface area (Å²) in [5.41, 5.74) is 5.90. The highest BCUT2D eigenvalue weighted by Gasteiger charge is 2.28. The van der Waals surface area contributed by atoms with E-state index in [0.717, 1.165) is 32.4 Å². The molecule has 2 N–H and O–H groups in total. The van der Waals surface area contributed by atoms with Crippen molar-refractivity contribution in [3.8, 4) is 0 Å². The van der Waals surface area contributed by atoms with E-state index in [1.165, 1.54) is 0 Å². The molecular formula is C15H30N2O2. The monoisotopic (exact) mass is 270 g/mol. The van der Waals surface area contributed by atoms with Gasteiger partial charge in [-0.15, -0.1) is 0 Å². The maximum absolute atomic E-state index is 12.2. The van der Waals surface area contributed by atoms with E-state index in [2.05, 4.69) is 20.8 Å². The number of rotatable bonds is 6. The highest BCUT2D eigenvalue weighted by Crippen LogP contribution is 2.32. The normalized spacial score (nSPS) is 21.7. The highest BCUT2D eigenvalue weighted by molar-refractivity contribution is 5.76. The van der Waals surface area contributed by atoms with Crippen molar-refractivity contribution in [2.45, 2.75) is 52.6 Å². The van der Waals surface area contributed by atoms with Gasteiger partial charge in [0.25, 0.3) is 0 Å². The molecule has 0 bridgehead atoms. The number of carbonyl (C=O) groups excluding carboxylic acids is 1. The molecule has 0 radical (unpaired) electrons. The van der Waals surface area contributed by atoms with E-state index in [1.807, 2.05) is 4.90 Å². The van der Waals surface area contributed by atoms with E-state index in [1.54, 1.807) is 7.11 Å². The molecule has 1 amide bonds. The minimum atomic E-state index is 0.222. The van der Waals surface area contributed by atoms with Crippen LogP contribution in [0.4, 0.5) is 0 Å². The lowest BCUT2D eigenvalue weighted by Gasteiger charge is -2.31. The lowest BCUT2D eigenvalue weighted by molar-refractivity contribution is -0.131. The number of carbonyl (C=O) groups is 1. The first-order valence-electron chi connectivity index (χ1n) is 7.39. The number of hydrogen-bond donors (Lipinski definition) is 1. The van der Waals surface area contributed by atoms with Crippen LogP contribution in [0.1, 0.15) is 46.5 Å². The second-order valence-corrected chi connectivity index (χ2v) is 6.67. The molecule has 0 aromatic carbocycles. The van der Waals surface area contributed by atoms with E-state index in [4.69, 9.17) is 10.5 Å². The summed E-state index contributed by atoms with van der Waals surface area (Å²) in [4.78, 5) is 14.1. The molecular weight excluding hydrogens is 240 g/mol. The number of amides is 1. The Labute approximate surface area is 117 Å². The summed E-state index contributed by atoms with van der Waals surface area (Å²) in [7, 11) is 1.72.